The maximum Gasteiger partial charge on any atom is 0.420 e. The third-order valence-corrected chi connectivity index (χ3v) is 3.99. The maximum atomic E-state index is 12.6. The molecular weight excluding hydrogens is 340 g/mol. The monoisotopic (exact) mass is 356 g/mol. The minimum Gasteiger partial charge on any atom is -0.495 e. The molecule has 1 amide bonds. The van der Waals surface area contributed by atoms with Crippen molar-refractivity contribution in [2.45, 2.75) is 13.0 Å². The van der Waals surface area contributed by atoms with Gasteiger partial charge in [0.2, 0.25) is 5.91 Å². The lowest BCUT2D eigenvalue weighted by Crippen LogP contribution is -2.29. The van der Waals surface area contributed by atoms with E-state index in [2.05, 4.69) is 5.32 Å². The molecule has 2 N–H and O–H groups in total. The number of carbonyl (C=O) groups is 2. The highest BCUT2D eigenvalue weighted by atomic mass is 16.5. The Morgan fingerprint density at radius 1 is 1.23 bits per heavy atom. The molecule has 0 saturated carbocycles. The molecule has 3 rings (SSSR count). The number of aromatic carboxylic acids is 1. The largest absolute Gasteiger partial charge is 0.495 e. The van der Waals surface area contributed by atoms with Crippen LogP contribution in [0.25, 0.3) is 11.1 Å². The average Bonchev–Trinajstić information content (AvgIpc) is 2.96. The van der Waals surface area contributed by atoms with Crippen molar-refractivity contribution < 1.29 is 23.8 Å². The fourth-order valence-corrected chi connectivity index (χ4v) is 2.64. The zero-order valence-electron chi connectivity index (χ0n) is 14.1. The number of hydrogen-bond acceptors (Lipinski definition) is 5. The highest BCUT2D eigenvalue weighted by molar-refractivity contribution is 5.96. The molecule has 0 aliphatic heterocycles. The zero-order valence-corrected chi connectivity index (χ0v) is 14.1. The SMILES string of the molecule is COc1ccccc1NC(=O)C(C)n1c(=O)oc2ccc(C(=O)O)cc21. The molecule has 0 spiro atoms. The minimum atomic E-state index is -1.14. The molecule has 8 heteroatoms. The second kappa shape index (κ2) is 6.75. The van der Waals surface area contributed by atoms with E-state index in [1.807, 2.05) is 0 Å². The Kier molecular flexibility index (Phi) is 4.49. The van der Waals surface area contributed by atoms with E-state index in [1.165, 1.54) is 32.2 Å². The van der Waals surface area contributed by atoms with Gasteiger partial charge in [0.25, 0.3) is 0 Å². The van der Waals surface area contributed by atoms with E-state index in [1.54, 1.807) is 24.3 Å². The molecular formula is C18H16N2O6. The first-order valence-electron chi connectivity index (χ1n) is 7.74. The summed E-state index contributed by atoms with van der Waals surface area (Å²) in [5.41, 5.74) is 0.887. The summed E-state index contributed by atoms with van der Waals surface area (Å²) in [5, 5.41) is 11.8. The van der Waals surface area contributed by atoms with Gasteiger partial charge in [0, 0.05) is 0 Å². The number of carbonyl (C=O) groups excluding carboxylic acids is 1. The number of methoxy groups -OCH3 is 1. The van der Waals surface area contributed by atoms with Crippen molar-refractivity contribution in [3.05, 3.63) is 58.6 Å². The number of amides is 1. The van der Waals surface area contributed by atoms with E-state index in [-0.39, 0.29) is 16.7 Å². The first kappa shape index (κ1) is 17.3. The van der Waals surface area contributed by atoms with Crippen molar-refractivity contribution in [1.29, 1.82) is 0 Å². The van der Waals surface area contributed by atoms with Crippen LogP contribution in [0.1, 0.15) is 23.3 Å². The lowest BCUT2D eigenvalue weighted by atomic mass is 10.2. The van der Waals surface area contributed by atoms with Gasteiger partial charge in [-0.25, -0.2) is 9.59 Å². The van der Waals surface area contributed by atoms with Crippen LogP contribution in [-0.4, -0.2) is 28.7 Å². The predicted molar refractivity (Wildman–Crippen MR) is 93.8 cm³/mol. The van der Waals surface area contributed by atoms with Crippen LogP contribution < -0.4 is 15.8 Å². The Morgan fingerprint density at radius 3 is 2.65 bits per heavy atom. The first-order valence-corrected chi connectivity index (χ1v) is 7.74. The van der Waals surface area contributed by atoms with Gasteiger partial charge in [-0.1, -0.05) is 12.1 Å². The second-order valence-corrected chi connectivity index (χ2v) is 5.59. The standard InChI is InChI=1S/C18H16N2O6/c1-10(16(21)19-12-5-3-4-6-14(12)25-2)20-13-9-11(17(22)23)7-8-15(13)26-18(20)24/h3-10H,1-2H3,(H,19,21)(H,22,23). The molecule has 0 radical (unpaired) electrons. The van der Waals surface area contributed by atoms with Gasteiger partial charge in [0.15, 0.2) is 5.58 Å². The van der Waals surface area contributed by atoms with Crippen molar-refractivity contribution >= 4 is 28.7 Å². The highest BCUT2D eigenvalue weighted by Crippen LogP contribution is 2.25. The van der Waals surface area contributed by atoms with Crippen LogP contribution in [0.3, 0.4) is 0 Å². The third kappa shape index (κ3) is 3.04. The highest BCUT2D eigenvalue weighted by Gasteiger charge is 2.23. The summed E-state index contributed by atoms with van der Waals surface area (Å²) in [7, 11) is 1.48. The minimum absolute atomic E-state index is 0.00983. The molecule has 0 aliphatic carbocycles. The Morgan fingerprint density at radius 2 is 1.96 bits per heavy atom. The molecule has 0 aliphatic rings. The Balaban J connectivity index is 1.98. The van der Waals surface area contributed by atoms with Crippen LogP contribution in [0.15, 0.2) is 51.7 Å². The number of fused-ring (bicyclic) bond motifs is 1. The predicted octanol–water partition coefficient (Wildman–Crippen LogP) is 2.50. The summed E-state index contributed by atoms with van der Waals surface area (Å²) < 4.78 is 11.4. The van der Waals surface area contributed by atoms with Gasteiger partial charge in [0.05, 0.1) is 23.9 Å². The number of anilines is 1. The zero-order chi connectivity index (χ0) is 18.8. The molecule has 1 aromatic heterocycles. The summed E-state index contributed by atoms with van der Waals surface area (Å²) in [5.74, 6) is -1.88. The molecule has 26 heavy (non-hydrogen) atoms. The summed E-state index contributed by atoms with van der Waals surface area (Å²) in [6.07, 6.45) is 0. The Bertz CT molecular complexity index is 1050. The first-order chi connectivity index (χ1) is 12.4. The number of carboxylic acid groups (broad SMARTS) is 1. The van der Waals surface area contributed by atoms with E-state index >= 15 is 0 Å². The van der Waals surface area contributed by atoms with Crippen molar-refractivity contribution in [2.75, 3.05) is 12.4 Å². The van der Waals surface area contributed by atoms with Gasteiger partial charge >= 0.3 is 11.7 Å². The van der Waals surface area contributed by atoms with Crippen LogP contribution in [-0.2, 0) is 4.79 Å². The molecule has 134 valence electrons. The van der Waals surface area contributed by atoms with E-state index in [0.29, 0.717) is 11.4 Å². The lowest BCUT2D eigenvalue weighted by Gasteiger charge is -2.15. The van der Waals surface area contributed by atoms with Gasteiger partial charge in [-0.05, 0) is 37.3 Å². The molecule has 0 fully saturated rings. The van der Waals surface area contributed by atoms with E-state index in [4.69, 9.17) is 14.3 Å². The lowest BCUT2D eigenvalue weighted by molar-refractivity contribution is -0.118. The van der Waals surface area contributed by atoms with Gasteiger partial charge in [-0.3, -0.25) is 9.36 Å². The molecule has 0 saturated heterocycles. The number of hydrogen-bond donors (Lipinski definition) is 2. The van der Waals surface area contributed by atoms with Crippen molar-refractivity contribution in [3.8, 4) is 5.75 Å². The van der Waals surface area contributed by atoms with Gasteiger partial charge < -0.3 is 19.6 Å². The number of nitrogens with one attached hydrogen (secondary N) is 1. The molecule has 3 aromatic rings. The van der Waals surface area contributed by atoms with Crippen molar-refractivity contribution in [3.63, 3.8) is 0 Å². The summed E-state index contributed by atoms with van der Waals surface area (Å²) in [6.45, 7) is 1.52. The number of rotatable bonds is 5. The molecule has 0 bridgehead atoms. The van der Waals surface area contributed by atoms with E-state index in [9.17, 15) is 14.4 Å². The molecule has 2 aromatic carbocycles. The fraction of sp³-hybridized carbons (Fsp3) is 0.167. The number of benzene rings is 2. The number of carboxylic acids is 1. The molecule has 1 atom stereocenters. The second-order valence-electron chi connectivity index (χ2n) is 5.59. The number of oxazole rings is 1. The van der Waals surface area contributed by atoms with Gasteiger partial charge in [0.1, 0.15) is 11.8 Å². The molecule has 1 heterocycles. The Hall–Kier alpha value is -3.55. The topological polar surface area (TPSA) is 111 Å². The third-order valence-electron chi connectivity index (χ3n) is 3.99. The van der Waals surface area contributed by atoms with Gasteiger partial charge in [-0.15, -0.1) is 0 Å². The normalized spacial score (nSPS) is 11.9. The average molecular weight is 356 g/mol. The van der Waals surface area contributed by atoms with Crippen molar-refractivity contribution in [1.82, 2.24) is 4.57 Å². The summed E-state index contributed by atoms with van der Waals surface area (Å²) >= 11 is 0. The number of aromatic nitrogens is 1. The van der Waals surface area contributed by atoms with Crippen molar-refractivity contribution in [2.24, 2.45) is 0 Å². The van der Waals surface area contributed by atoms with Crippen LogP contribution >= 0.6 is 0 Å². The number of para-hydroxylation sites is 2. The fourth-order valence-electron chi connectivity index (χ4n) is 2.64. The van der Waals surface area contributed by atoms with Crippen LogP contribution in [0, 0.1) is 0 Å². The van der Waals surface area contributed by atoms with Gasteiger partial charge in [-0.2, -0.15) is 0 Å². The van der Waals surface area contributed by atoms with Crippen LogP contribution in [0.4, 0.5) is 5.69 Å². The smallest absolute Gasteiger partial charge is 0.420 e. The number of nitrogens with zero attached hydrogens (tertiary/aromatic N) is 1. The van der Waals surface area contributed by atoms with E-state index in [0.717, 1.165) is 4.57 Å². The Labute approximate surface area is 147 Å². The molecule has 1 unspecified atom stereocenters. The maximum absolute atomic E-state index is 12.6. The molecule has 8 nitrogen and oxygen atoms in total. The van der Waals surface area contributed by atoms with Crippen LogP contribution in [0.5, 0.6) is 5.75 Å². The quantitative estimate of drug-likeness (QED) is 0.727. The van der Waals surface area contributed by atoms with Crippen LogP contribution in [0.2, 0.25) is 0 Å². The van der Waals surface area contributed by atoms with E-state index < -0.39 is 23.7 Å². The summed E-state index contributed by atoms with van der Waals surface area (Å²) in [4.78, 5) is 36.0. The summed E-state index contributed by atoms with van der Waals surface area (Å²) in [6, 6.07) is 9.95. The number of ether oxygens (including phenoxy) is 1.